The highest BCUT2D eigenvalue weighted by Gasteiger charge is 2.07. The lowest BCUT2D eigenvalue weighted by atomic mass is 10.1. The monoisotopic (exact) mass is 191 g/mol. The van der Waals surface area contributed by atoms with Crippen molar-refractivity contribution in [3.8, 4) is 22.8 Å². The summed E-state index contributed by atoms with van der Waals surface area (Å²) < 4.78 is 0. The SMILES string of the molecule is Nc1cn[nH]c1-c1ccc(O)c(O)c1. The summed E-state index contributed by atoms with van der Waals surface area (Å²) in [4.78, 5) is 0. The second-order valence-electron chi connectivity index (χ2n) is 2.90. The molecule has 0 unspecified atom stereocenters. The zero-order chi connectivity index (χ0) is 10.1. The summed E-state index contributed by atoms with van der Waals surface area (Å²) in [7, 11) is 0. The van der Waals surface area contributed by atoms with Crippen LogP contribution in [0.25, 0.3) is 11.3 Å². The Labute approximate surface area is 79.8 Å². The predicted octanol–water partition coefficient (Wildman–Crippen LogP) is 1.07. The van der Waals surface area contributed by atoms with Crippen LogP contribution in [0.4, 0.5) is 5.69 Å². The number of nitrogen functional groups attached to an aromatic ring is 1. The molecule has 1 aromatic carbocycles. The van der Waals surface area contributed by atoms with Crippen LogP contribution in [0.5, 0.6) is 11.5 Å². The number of H-pyrrole nitrogens is 1. The number of hydrogen-bond donors (Lipinski definition) is 4. The highest BCUT2D eigenvalue weighted by Crippen LogP contribution is 2.31. The number of aromatic nitrogens is 2. The van der Waals surface area contributed by atoms with Crippen molar-refractivity contribution in [2.75, 3.05) is 5.73 Å². The molecule has 2 rings (SSSR count). The topological polar surface area (TPSA) is 95.2 Å². The second-order valence-corrected chi connectivity index (χ2v) is 2.90. The summed E-state index contributed by atoms with van der Waals surface area (Å²) in [5.74, 6) is -0.344. The summed E-state index contributed by atoms with van der Waals surface area (Å²) >= 11 is 0. The minimum absolute atomic E-state index is 0.160. The van der Waals surface area contributed by atoms with Crippen molar-refractivity contribution in [2.45, 2.75) is 0 Å². The zero-order valence-corrected chi connectivity index (χ0v) is 7.23. The number of anilines is 1. The molecule has 0 aliphatic carbocycles. The molecule has 0 atom stereocenters. The molecule has 0 aliphatic heterocycles. The Balaban J connectivity index is 2.53. The fraction of sp³-hybridized carbons (Fsp3) is 0. The van der Waals surface area contributed by atoms with Gasteiger partial charge in [-0.15, -0.1) is 0 Å². The van der Waals surface area contributed by atoms with Gasteiger partial charge < -0.3 is 15.9 Å². The molecule has 5 N–H and O–H groups in total. The quantitative estimate of drug-likeness (QED) is 0.507. The fourth-order valence-electron chi connectivity index (χ4n) is 1.21. The first-order valence-corrected chi connectivity index (χ1v) is 3.99. The number of aromatic hydroxyl groups is 2. The highest BCUT2D eigenvalue weighted by atomic mass is 16.3. The smallest absolute Gasteiger partial charge is 0.158 e. The molecule has 0 saturated carbocycles. The van der Waals surface area contributed by atoms with Crippen LogP contribution in [0.1, 0.15) is 0 Å². The minimum atomic E-state index is -0.184. The van der Waals surface area contributed by atoms with Crippen LogP contribution < -0.4 is 5.73 Å². The van der Waals surface area contributed by atoms with Crippen molar-refractivity contribution in [1.82, 2.24) is 10.2 Å². The molecule has 72 valence electrons. The van der Waals surface area contributed by atoms with Crippen molar-refractivity contribution >= 4 is 5.69 Å². The van der Waals surface area contributed by atoms with Crippen molar-refractivity contribution in [3.63, 3.8) is 0 Å². The van der Waals surface area contributed by atoms with E-state index >= 15 is 0 Å². The Morgan fingerprint density at radius 2 is 2.00 bits per heavy atom. The van der Waals surface area contributed by atoms with Gasteiger partial charge in [-0.2, -0.15) is 5.10 Å². The summed E-state index contributed by atoms with van der Waals surface area (Å²) in [5.41, 5.74) is 7.42. The molecule has 0 aliphatic rings. The van der Waals surface area contributed by atoms with E-state index in [4.69, 9.17) is 10.8 Å². The Morgan fingerprint density at radius 1 is 1.21 bits per heavy atom. The average molecular weight is 191 g/mol. The molecular weight excluding hydrogens is 182 g/mol. The van der Waals surface area contributed by atoms with E-state index in [0.717, 1.165) is 0 Å². The zero-order valence-electron chi connectivity index (χ0n) is 7.23. The largest absolute Gasteiger partial charge is 0.504 e. The van der Waals surface area contributed by atoms with E-state index in [0.29, 0.717) is 16.9 Å². The van der Waals surface area contributed by atoms with Gasteiger partial charge in [-0.25, -0.2) is 0 Å². The van der Waals surface area contributed by atoms with Gasteiger partial charge in [0, 0.05) is 5.56 Å². The Kier molecular flexibility index (Phi) is 1.78. The van der Waals surface area contributed by atoms with Crippen molar-refractivity contribution in [2.24, 2.45) is 0 Å². The third-order valence-electron chi connectivity index (χ3n) is 1.93. The van der Waals surface area contributed by atoms with E-state index in [2.05, 4.69) is 10.2 Å². The summed E-state index contributed by atoms with van der Waals surface area (Å²) in [6.45, 7) is 0. The van der Waals surface area contributed by atoms with Gasteiger partial charge in [0.05, 0.1) is 17.6 Å². The summed E-state index contributed by atoms with van der Waals surface area (Å²) in [6.07, 6.45) is 1.49. The van der Waals surface area contributed by atoms with Gasteiger partial charge in [-0.05, 0) is 18.2 Å². The molecule has 14 heavy (non-hydrogen) atoms. The average Bonchev–Trinajstić information content (AvgIpc) is 2.57. The standard InChI is InChI=1S/C9H9N3O2/c10-6-4-11-12-9(6)5-1-2-7(13)8(14)3-5/h1-4,13-14H,10H2,(H,11,12). The first-order valence-electron chi connectivity index (χ1n) is 3.99. The van der Waals surface area contributed by atoms with Crippen molar-refractivity contribution < 1.29 is 10.2 Å². The van der Waals surface area contributed by atoms with E-state index in [9.17, 15) is 5.11 Å². The molecule has 5 heteroatoms. The first-order chi connectivity index (χ1) is 6.68. The normalized spacial score (nSPS) is 10.3. The molecule has 0 spiro atoms. The van der Waals surface area contributed by atoms with Gasteiger partial charge in [0.25, 0.3) is 0 Å². The van der Waals surface area contributed by atoms with Gasteiger partial charge in [0.15, 0.2) is 11.5 Å². The lowest BCUT2D eigenvalue weighted by Crippen LogP contribution is -1.86. The number of rotatable bonds is 1. The van der Waals surface area contributed by atoms with Crippen molar-refractivity contribution in [3.05, 3.63) is 24.4 Å². The maximum atomic E-state index is 9.26. The van der Waals surface area contributed by atoms with Gasteiger partial charge in [-0.1, -0.05) is 0 Å². The van der Waals surface area contributed by atoms with E-state index in [1.165, 1.54) is 18.3 Å². The fourth-order valence-corrected chi connectivity index (χ4v) is 1.21. The number of nitrogens with two attached hydrogens (primary N) is 1. The molecule has 0 radical (unpaired) electrons. The molecule has 2 aromatic rings. The van der Waals surface area contributed by atoms with E-state index in [1.807, 2.05) is 0 Å². The maximum absolute atomic E-state index is 9.26. The maximum Gasteiger partial charge on any atom is 0.158 e. The minimum Gasteiger partial charge on any atom is -0.504 e. The molecule has 5 nitrogen and oxygen atoms in total. The van der Waals surface area contributed by atoms with Crippen LogP contribution in [0.3, 0.4) is 0 Å². The van der Waals surface area contributed by atoms with Crippen LogP contribution in [0.15, 0.2) is 24.4 Å². The van der Waals surface area contributed by atoms with Gasteiger partial charge in [0.1, 0.15) is 0 Å². The third kappa shape index (κ3) is 1.24. The molecule has 1 aromatic heterocycles. The van der Waals surface area contributed by atoms with Crippen molar-refractivity contribution in [1.29, 1.82) is 0 Å². The molecule has 0 fully saturated rings. The lowest BCUT2D eigenvalue weighted by Gasteiger charge is -2.01. The number of hydrogen-bond acceptors (Lipinski definition) is 4. The predicted molar refractivity (Wildman–Crippen MR) is 51.8 cm³/mol. The number of phenols is 2. The van der Waals surface area contributed by atoms with E-state index < -0.39 is 0 Å². The first kappa shape index (κ1) is 8.43. The van der Waals surface area contributed by atoms with Gasteiger partial charge in [0.2, 0.25) is 0 Å². The Morgan fingerprint density at radius 3 is 2.57 bits per heavy atom. The molecule has 0 amide bonds. The highest BCUT2D eigenvalue weighted by molar-refractivity contribution is 5.73. The Hall–Kier alpha value is -2.17. The second kappa shape index (κ2) is 2.95. The molecule has 0 bridgehead atoms. The lowest BCUT2D eigenvalue weighted by molar-refractivity contribution is 0.404. The van der Waals surface area contributed by atoms with Gasteiger partial charge >= 0.3 is 0 Å². The number of nitrogens with one attached hydrogen (secondary N) is 1. The number of nitrogens with zero attached hydrogens (tertiary/aromatic N) is 1. The Bertz CT molecular complexity index is 465. The number of phenolic OH excluding ortho intramolecular Hbond substituents is 2. The summed E-state index contributed by atoms with van der Waals surface area (Å²) in [6, 6.07) is 4.45. The van der Waals surface area contributed by atoms with E-state index in [1.54, 1.807) is 6.07 Å². The summed E-state index contributed by atoms with van der Waals surface area (Å²) in [5, 5.41) is 24.8. The van der Waals surface area contributed by atoms with Crippen LogP contribution in [-0.4, -0.2) is 20.4 Å². The van der Waals surface area contributed by atoms with Gasteiger partial charge in [-0.3, -0.25) is 5.10 Å². The molecular formula is C9H9N3O2. The van der Waals surface area contributed by atoms with Crippen LogP contribution in [-0.2, 0) is 0 Å². The third-order valence-corrected chi connectivity index (χ3v) is 1.93. The molecule has 1 heterocycles. The molecule has 0 saturated heterocycles. The number of aromatic amines is 1. The number of benzene rings is 1. The van der Waals surface area contributed by atoms with Crippen LogP contribution in [0, 0.1) is 0 Å². The van der Waals surface area contributed by atoms with Crippen LogP contribution >= 0.6 is 0 Å². The van der Waals surface area contributed by atoms with E-state index in [-0.39, 0.29) is 11.5 Å². The van der Waals surface area contributed by atoms with Crippen LogP contribution in [0.2, 0.25) is 0 Å².